The Bertz CT molecular complexity index is 684. The lowest BCUT2D eigenvalue weighted by atomic mass is 10.2. The molecule has 0 aliphatic carbocycles. The Labute approximate surface area is 123 Å². The number of nitrogens with one attached hydrogen (secondary N) is 1. The van der Waals surface area contributed by atoms with Gasteiger partial charge in [0.2, 0.25) is 10.0 Å². The van der Waals surface area contributed by atoms with Crippen LogP contribution in [0.3, 0.4) is 0 Å². The van der Waals surface area contributed by atoms with Crippen LogP contribution in [0.25, 0.3) is 0 Å². The fraction of sp³-hybridized carbons (Fsp3) is 0.455. The molecule has 1 saturated heterocycles. The van der Waals surface area contributed by atoms with Gasteiger partial charge in [-0.2, -0.15) is 17.5 Å². The van der Waals surface area contributed by atoms with Gasteiger partial charge in [-0.3, -0.25) is 10.1 Å². The van der Waals surface area contributed by atoms with Crippen LogP contribution in [0.4, 0.5) is 18.9 Å². The maximum Gasteiger partial charge on any atom is 0.417 e. The predicted octanol–water partition coefficient (Wildman–Crippen LogP) is 1.01. The van der Waals surface area contributed by atoms with Gasteiger partial charge in [0.1, 0.15) is 0 Å². The summed E-state index contributed by atoms with van der Waals surface area (Å²) in [5.74, 6) is 0. The molecule has 0 atom stereocenters. The van der Waals surface area contributed by atoms with Gasteiger partial charge in [0.25, 0.3) is 5.69 Å². The van der Waals surface area contributed by atoms with Crippen molar-refractivity contribution in [3.8, 4) is 0 Å². The highest BCUT2D eigenvalue weighted by molar-refractivity contribution is 7.89. The second-order valence-electron chi connectivity index (χ2n) is 4.53. The fourth-order valence-corrected chi connectivity index (χ4v) is 3.40. The normalized spacial score (nSPS) is 17.4. The molecular weight excluding hydrogens is 327 g/mol. The number of nitrogens with zero attached hydrogens (tertiary/aromatic N) is 2. The van der Waals surface area contributed by atoms with Gasteiger partial charge < -0.3 is 5.32 Å². The van der Waals surface area contributed by atoms with Crippen LogP contribution in [0.5, 0.6) is 0 Å². The SMILES string of the molecule is O=[N+]([O-])c1cc(C(F)(F)F)[c]c(S(=O)(=O)N2CCNCC2)c1. The lowest BCUT2D eigenvalue weighted by molar-refractivity contribution is -0.385. The lowest BCUT2D eigenvalue weighted by Crippen LogP contribution is -2.46. The van der Waals surface area contributed by atoms with Crippen molar-refractivity contribution < 1.29 is 26.5 Å². The number of piperazine rings is 1. The highest BCUT2D eigenvalue weighted by Gasteiger charge is 2.36. The third-order valence-corrected chi connectivity index (χ3v) is 4.86. The van der Waals surface area contributed by atoms with Gasteiger partial charge in [-0.25, -0.2) is 8.42 Å². The topological polar surface area (TPSA) is 92.5 Å². The van der Waals surface area contributed by atoms with Gasteiger partial charge in [-0.15, -0.1) is 0 Å². The maximum absolute atomic E-state index is 12.8. The van der Waals surface area contributed by atoms with Gasteiger partial charge in [-0.1, -0.05) is 0 Å². The fourth-order valence-electron chi connectivity index (χ4n) is 1.95. The van der Waals surface area contributed by atoms with Crippen molar-refractivity contribution in [1.29, 1.82) is 0 Å². The number of halogens is 3. The number of nitro benzene ring substituents is 1. The molecule has 0 bridgehead atoms. The third-order valence-electron chi connectivity index (χ3n) is 3.04. The van der Waals surface area contributed by atoms with Crippen molar-refractivity contribution >= 4 is 15.7 Å². The Balaban J connectivity index is 2.53. The van der Waals surface area contributed by atoms with Gasteiger partial charge in [0.05, 0.1) is 15.4 Å². The number of alkyl halides is 3. The Morgan fingerprint density at radius 2 is 1.86 bits per heavy atom. The quantitative estimate of drug-likeness (QED) is 0.656. The van der Waals surface area contributed by atoms with Crippen molar-refractivity contribution in [3.05, 3.63) is 33.9 Å². The van der Waals surface area contributed by atoms with Crippen LogP contribution in [-0.4, -0.2) is 43.8 Å². The molecule has 0 saturated carbocycles. The number of non-ortho nitro benzene ring substituents is 1. The molecule has 1 radical (unpaired) electrons. The van der Waals surface area contributed by atoms with Crippen LogP contribution in [0.15, 0.2) is 17.0 Å². The monoisotopic (exact) mass is 338 g/mol. The van der Waals surface area contributed by atoms with Crippen LogP contribution < -0.4 is 5.32 Å². The molecule has 121 valence electrons. The molecule has 0 spiro atoms. The molecule has 2 rings (SSSR count). The zero-order chi connectivity index (χ0) is 16.5. The molecule has 1 aromatic carbocycles. The molecule has 1 N–H and O–H groups in total. The molecule has 1 heterocycles. The average Bonchev–Trinajstić information content (AvgIpc) is 2.46. The molecule has 22 heavy (non-hydrogen) atoms. The Kier molecular flexibility index (Phi) is 4.40. The number of benzene rings is 1. The Hall–Kier alpha value is -1.72. The number of nitro groups is 1. The number of sulfonamides is 1. The van der Waals surface area contributed by atoms with E-state index in [1.165, 1.54) is 0 Å². The molecule has 1 aromatic rings. The van der Waals surface area contributed by atoms with E-state index in [0.29, 0.717) is 19.2 Å². The Morgan fingerprint density at radius 1 is 1.27 bits per heavy atom. The molecule has 7 nitrogen and oxygen atoms in total. The zero-order valence-corrected chi connectivity index (χ0v) is 11.9. The first-order valence-electron chi connectivity index (χ1n) is 6.12. The minimum Gasteiger partial charge on any atom is -0.314 e. The molecular formula is C11H11F3N3O4S. The van der Waals surface area contributed by atoms with Crippen molar-refractivity contribution in [1.82, 2.24) is 9.62 Å². The molecule has 1 aliphatic heterocycles. The molecule has 0 unspecified atom stereocenters. The molecule has 0 amide bonds. The zero-order valence-electron chi connectivity index (χ0n) is 11.1. The minimum absolute atomic E-state index is 0.0697. The summed E-state index contributed by atoms with van der Waals surface area (Å²) in [6, 6.07) is 2.59. The van der Waals surface area contributed by atoms with Crippen molar-refractivity contribution in [2.24, 2.45) is 0 Å². The second-order valence-corrected chi connectivity index (χ2v) is 6.43. The summed E-state index contributed by atoms with van der Waals surface area (Å²) in [5, 5.41) is 13.6. The largest absolute Gasteiger partial charge is 0.417 e. The number of rotatable bonds is 3. The van der Waals surface area contributed by atoms with E-state index in [0.717, 1.165) is 4.31 Å². The first-order chi connectivity index (χ1) is 10.1. The number of hydrogen-bond donors (Lipinski definition) is 1. The van der Waals surface area contributed by atoms with E-state index in [2.05, 4.69) is 5.32 Å². The summed E-state index contributed by atoms with van der Waals surface area (Å²) >= 11 is 0. The highest BCUT2D eigenvalue weighted by atomic mass is 32.2. The van der Waals surface area contributed by atoms with Crippen molar-refractivity contribution in [3.63, 3.8) is 0 Å². The maximum atomic E-state index is 12.8. The predicted molar refractivity (Wildman–Crippen MR) is 68.6 cm³/mol. The summed E-state index contributed by atoms with van der Waals surface area (Å²) in [6.07, 6.45) is -4.93. The van der Waals surface area contributed by atoms with Crippen LogP contribution in [0, 0.1) is 16.2 Å². The van der Waals surface area contributed by atoms with E-state index < -0.39 is 37.3 Å². The van der Waals surface area contributed by atoms with E-state index in [1.807, 2.05) is 0 Å². The minimum atomic E-state index is -4.93. The first kappa shape index (κ1) is 16.6. The van der Waals surface area contributed by atoms with Crippen LogP contribution in [0.1, 0.15) is 5.56 Å². The summed E-state index contributed by atoms with van der Waals surface area (Å²) in [4.78, 5) is 8.82. The van der Waals surface area contributed by atoms with Crippen molar-refractivity contribution in [2.75, 3.05) is 26.2 Å². The Morgan fingerprint density at radius 3 is 2.36 bits per heavy atom. The highest BCUT2D eigenvalue weighted by Crippen LogP contribution is 2.34. The smallest absolute Gasteiger partial charge is 0.314 e. The molecule has 0 aromatic heterocycles. The van der Waals surface area contributed by atoms with Gasteiger partial charge in [0, 0.05) is 44.4 Å². The van der Waals surface area contributed by atoms with E-state index in [1.54, 1.807) is 6.07 Å². The standard InChI is InChI=1S/C11H11F3N3O4S/c12-11(13,14)8-5-9(17(18)19)7-10(6-8)22(20,21)16-3-1-15-2-4-16/h5,7,15H,1-4H2. The number of hydrogen-bond acceptors (Lipinski definition) is 5. The van der Waals surface area contributed by atoms with Gasteiger partial charge >= 0.3 is 6.18 Å². The summed E-state index contributed by atoms with van der Waals surface area (Å²) < 4.78 is 63.9. The summed E-state index contributed by atoms with van der Waals surface area (Å²) in [5.41, 5.74) is -2.44. The van der Waals surface area contributed by atoms with E-state index in [-0.39, 0.29) is 19.2 Å². The van der Waals surface area contributed by atoms with Crippen molar-refractivity contribution in [2.45, 2.75) is 11.1 Å². The summed E-state index contributed by atoms with van der Waals surface area (Å²) in [7, 11) is -4.27. The lowest BCUT2D eigenvalue weighted by Gasteiger charge is -2.26. The average molecular weight is 338 g/mol. The second kappa shape index (κ2) is 5.82. The van der Waals surface area contributed by atoms with Gasteiger partial charge in [-0.05, 0) is 0 Å². The third kappa shape index (κ3) is 3.36. The summed E-state index contributed by atoms with van der Waals surface area (Å²) in [6.45, 7) is 0.834. The molecule has 11 heteroatoms. The molecule has 1 fully saturated rings. The van der Waals surface area contributed by atoms with E-state index >= 15 is 0 Å². The van der Waals surface area contributed by atoms with Gasteiger partial charge in [0.15, 0.2) is 0 Å². The van der Waals surface area contributed by atoms with Crippen LogP contribution in [-0.2, 0) is 16.2 Å². The van der Waals surface area contributed by atoms with E-state index in [4.69, 9.17) is 0 Å². The first-order valence-corrected chi connectivity index (χ1v) is 7.56. The van der Waals surface area contributed by atoms with Crippen LogP contribution >= 0.6 is 0 Å². The van der Waals surface area contributed by atoms with E-state index in [9.17, 15) is 31.7 Å². The van der Waals surface area contributed by atoms with Crippen LogP contribution in [0.2, 0.25) is 0 Å². The molecule has 1 aliphatic rings.